The number of benzene rings is 2. The molecule has 0 atom stereocenters. The summed E-state index contributed by atoms with van der Waals surface area (Å²) in [5.74, 6) is -1.35. The van der Waals surface area contributed by atoms with E-state index in [1.54, 1.807) is 30.3 Å². The van der Waals surface area contributed by atoms with Gasteiger partial charge >= 0.3 is 5.97 Å². The van der Waals surface area contributed by atoms with Gasteiger partial charge in [-0.15, -0.1) is 0 Å². The lowest BCUT2D eigenvalue weighted by Crippen LogP contribution is -2.24. The van der Waals surface area contributed by atoms with E-state index in [9.17, 15) is 9.59 Å². The Bertz CT molecular complexity index is 818. The summed E-state index contributed by atoms with van der Waals surface area (Å²) in [5, 5.41) is 21.9. The fourth-order valence-corrected chi connectivity index (χ4v) is 2.30. The van der Waals surface area contributed by atoms with Gasteiger partial charge in [-0.25, -0.2) is 0 Å². The van der Waals surface area contributed by atoms with Crippen LogP contribution in [0.1, 0.15) is 27.0 Å². The summed E-state index contributed by atoms with van der Waals surface area (Å²) >= 11 is 0. The molecule has 0 heterocycles. The number of carboxylic acids is 1. The third-order valence-corrected chi connectivity index (χ3v) is 3.57. The third-order valence-electron chi connectivity index (χ3n) is 3.57. The Morgan fingerprint density at radius 3 is 2.56 bits per heavy atom. The molecule has 25 heavy (non-hydrogen) atoms. The van der Waals surface area contributed by atoms with E-state index in [2.05, 4.69) is 10.6 Å². The molecule has 0 saturated heterocycles. The Morgan fingerprint density at radius 2 is 1.92 bits per heavy atom. The van der Waals surface area contributed by atoms with Crippen molar-refractivity contribution in [3.63, 3.8) is 0 Å². The molecule has 7 nitrogen and oxygen atoms in total. The molecular formula is C18H20N4O3. The highest BCUT2D eigenvalue weighted by Gasteiger charge is 2.10. The van der Waals surface area contributed by atoms with Gasteiger partial charge in [-0.3, -0.25) is 15.0 Å². The quantitative estimate of drug-likeness (QED) is 0.387. The summed E-state index contributed by atoms with van der Waals surface area (Å²) in [5.41, 5.74) is 8.70. The second-order valence-corrected chi connectivity index (χ2v) is 5.59. The number of aryl methyl sites for hydroxylation is 1. The molecule has 130 valence electrons. The van der Waals surface area contributed by atoms with E-state index >= 15 is 0 Å². The van der Waals surface area contributed by atoms with Gasteiger partial charge in [0, 0.05) is 23.4 Å². The average molecular weight is 340 g/mol. The van der Waals surface area contributed by atoms with Gasteiger partial charge in [0.25, 0.3) is 5.91 Å². The molecule has 0 bridgehead atoms. The van der Waals surface area contributed by atoms with E-state index in [-0.39, 0.29) is 24.8 Å². The van der Waals surface area contributed by atoms with E-state index in [0.717, 1.165) is 5.56 Å². The molecular weight excluding hydrogens is 320 g/mol. The molecule has 1 amide bonds. The first-order chi connectivity index (χ1) is 11.9. The smallest absolute Gasteiger partial charge is 0.322 e. The van der Waals surface area contributed by atoms with Gasteiger partial charge in [-0.05, 0) is 30.7 Å². The standard InChI is InChI=1S/C18H20N4O3/c1-11-3-2-4-13(7-11)18(25)22-9-14-6-5-12(17(19)20)8-15(14)21-10-16(23)24/h2-8,21H,9-10H2,1H3,(H3,19,20)(H,22,25)(H,23,24). The molecule has 0 fully saturated rings. The first kappa shape index (κ1) is 18.0. The summed E-state index contributed by atoms with van der Waals surface area (Å²) in [6, 6.07) is 12.2. The molecule has 7 heteroatoms. The molecule has 0 unspecified atom stereocenters. The van der Waals surface area contributed by atoms with E-state index in [1.807, 2.05) is 19.1 Å². The molecule has 0 saturated carbocycles. The van der Waals surface area contributed by atoms with E-state index in [4.69, 9.17) is 16.2 Å². The van der Waals surface area contributed by atoms with Crippen molar-refractivity contribution < 1.29 is 14.7 Å². The fraction of sp³-hybridized carbons (Fsp3) is 0.167. The topological polar surface area (TPSA) is 128 Å². The van der Waals surface area contributed by atoms with Gasteiger partial charge in [0.1, 0.15) is 12.4 Å². The molecule has 6 N–H and O–H groups in total. The monoisotopic (exact) mass is 340 g/mol. The van der Waals surface area contributed by atoms with Gasteiger partial charge in [-0.2, -0.15) is 0 Å². The lowest BCUT2D eigenvalue weighted by atomic mass is 10.1. The van der Waals surface area contributed by atoms with Gasteiger partial charge < -0.3 is 21.5 Å². The van der Waals surface area contributed by atoms with Crippen molar-refractivity contribution in [3.05, 3.63) is 64.7 Å². The highest BCUT2D eigenvalue weighted by molar-refractivity contribution is 5.96. The second-order valence-electron chi connectivity index (χ2n) is 5.59. The number of carbonyl (C=O) groups excluding carboxylic acids is 1. The number of aliphatic carboxylic acids is 1. The van der Waals surface area contributed by atoms with Crippen LogP contribution in [-0.4, -0.2) is 29.4 Å². The highest BCUT2D eigenvalue weighted by atomic mass is 16.4. The zero-order valence-electron chi connectivity index (χ0n) is 13.8. The van der Waals surface area contributed by atoms with Gasteiger partial charge in [0.15, 0.2) is 0 Å². The van der Waals surface area contributed by atoms with E-state index < -0.39 is 5.97 Å². The lowest BCUT2D eigenvalue weighted by Gasteiger charge is -2.13. The maximum atomic E-state index is 12.2. The zero-order valence-corrected chi connectivity index (χ0v) is 13.8. The molecule has 2 rings (SSSR count). The number of amidine groups is 1. The molecule has 0 spiro atoms. The van der Waals surface area contributed by atoms with Crippen LogP contribution in [0.15, 0.2) is 42.5 Å². The molecule has 0 aliphatic rings. The molecule has 0 aromatic heterocycles. The van der Waals surface area contributed by atoms with Crippen molar-refractivity contribution in [2.45, 2.75) is 13.5 Å². The van der Waals surface area contributed by atoms with Gasteiger partial charge in [0.2, 0.25) is 0 Å². The normalized spacial score (nSPS) is 10.1. The molecule has 2 aromatic carbocycles. The van der Waals surface area contributed by atoms with Gasteiger partial charge in [0.05, 0.1) is 0 Å². The molecule has 0 radical (unpaired) electrons. The number of nitrogens with two attached hydrogens (primary N) is 1. The zero-order chi connectivity index (χ0) is 18.4. The van der Waals surface area contributed by atoms with Crippen molar-refractivity contribution in [3.8, 4) is 0 Å². The Kier molecular flexibility index (Phi) is 5.73. The summed E-state index contributed by atoms with van der Waals surface area (Å²) in [6.07, 6.45) is 0. The SMILES string of the molecule is Cc1cccc(C(=O)NCc2ccc(C(=N)N)cc2NCC(=O)O)c1. The summed E-state index contributed by atoms with van der Waals surface area (Å²) in [4.78, 5) is 23.0. The van der Waals surface area contributed by atoms with Crippen LogP contribution in [0.25, 0.3) is 0 Å². The minimum absolute atomic E-state index is 0.117. The van der Waals surface area contributed by atoms with Gasteiger partial charge in [-0.1, -0.05) is 29.8 Å². The number of nitrogens with one attached hydrogen (secondary N) is 3. The molecule has 2 aromatic rings. The predicted molar refractivity (Wildman–Crippen MR) is 95.9 cm³/mol. The van der Waals surface area contributed by atoms with Crippen LogP contribution in [0.5, 0.6) is 0 Å². The van der Waals surface area contributed by atoms with Crippen molar-refractivity contribution in [2.24, 2.45) is 5.73 Å². The Morgan fingerprint density at radius 1 is 1.16 bits per heavy atom. The maximum Gasteiger partial charge on any atom is 0.322 e. The van der Waals surface area contributed by atoms with Crippen LogP contribution in [0.3, 0.4) is 0 Å². The van der Waals surface area contributed by atoms with Crippen LogP contribution >= 0.6 is 0 Å². The number of hydrogen-bond donors (Lipinski definition) is 5. The average Bonchev–Trinajstić information content (AvgIpc) is 2.57. The van der Waals surface area contributed by atoms with Crippen LogP contribution in [0.4, 0.5) is 5.69 Å². The number of amides is 1. The number of anilines is 1. The van der Waals surface area contributed by atoms with E-state index in [0.29, 0.717) is 22.4 Å². The Hall–Kier alpha value is -3.35. The number of carbonyl (C=O) groups is 2. The van der Waals surface area contributed by atoms with Crippen molar-refractivity contribution >= 4 is 23.4 Å². The molecule has 0 aliphatic carbocycles. The first-order valence-corrected chi connectivity index (χ1v) is 7.64. The predicted octanol–water partition coefficient (Wildman–Crippen LogP) is 1.71. The van der Waals surface area contributed by atoms with Crippen molar-refractivity contribution in [2.75, 3.05) is 11.9 Å². The number of rotatable bonds is 7. The summed E-state index contributed by atoms with van der Waals surface area (Å²) in [7, 11) is 0. The second kappa shape index (κ2) is 7.96. The summed E-state index contributed by atoms with van der Waals surface area (Å²) in [6.45, 7) is 1.85. The minimum Gasteiger partial charge on any atom is -0.480 e. The third kappa shape index (κ3) is 5.07. The van der Waals surface area contributed by atoms with Crippen LogP contribution in [0, 0.1) is 12.3 Å². The highest BCUT2D eigenvalue weighted by Crippen LogP contribution is 2.18. The van der Waals surface area contributed by atoms with Crippen molar-refractivity contribution in [1.29, 1.82) is 5.41 Å². The van der Waals surface area contributed by atoms with Crippen LogP contribution in [-0.2, 0) is 11.3 Å². The first-order valence-electron chi connectivity index (χ1n) is 7.64. The van der Waals surface area contributed by atoms with Crippen LogP contribution in [0.2, 0.25) is 0 Å². The Balaban J connectivity index is 2.15. The molecule has 0 aliphatic heterocycles. The maximum absolute atomic E-state index is 12.2. The van der Waals surface area contributed by atoms with E-state index in [1.165, 1.54) is 0 Å². The van der Waals surface area contributed by atoms with Crippen LogP contribution < -0.4 is 16.4 Å². The minimum atomic E-state index is -1.01. The fourth-order valence-electron chi connectivity index (χ4n) is 2.30. The Labute approximate surface area is 145 Å². The largest absolute Gasteiger partial charge is 0.480 e. The lowest BCUT2D eigenvalue weighted by molar-refractivity contribution is -0.134. The number of hydrogen-bond acceptors (Lipinski definition) is 4. The van der Waals surface area contributed by atoms with Crippen molar-refractivity contribution in [1.82, 2.24) is 5.32 Å². The summed E-state index contributed by atoms with van der Waals surface area (Å²) < 4.78 is 0. The number of carboxylic acid groups (broad SMARTS) is 1. The number of nitrogen functional groups attached to an aromatic ring is 1.